The number of nitrogens with zero attached hydrogens (tertiary/aromatic N) is 4. The molecular weight excluding hydrogens is 304 g/mol. The lowest BCUT2D eigenvalue weighted by Gasteiger charge is -2.33. The monoisotopic (exact) mass is 320 g/mol. The predicted molar refractivity (Wildman–Crippen MR) is 77.5 cm³/mol. The van der Waals surface area contributed by atoms with Crippen LogP contribution in [0.4, 0.5) is 11.9 Å². The molecule has 3 N–H and O–H groups in total. The van der Waals surface area contributed by atoms with Crippen LogP contribution in [-0.4, -0.2) is 60.2 Å². The molecule has 0 spiro atoms. The van der Waals surface area contributed by atoms with Crippen LogP contribution in [0.15, 0.2) is 0 Å². The maximum atomic E-state index is 11.9. The highest BCUT2D eigenvalue weighted by molar-refractivity contribution is 8.01. The van der Waals surface area contributed by atoms with E-state index in [2.05, 4.69) is 20.4 Å². The van der Waals surface area contributed by atoms with Gasteiger partial charge in [0.1, 0.15) is 5.37 Å². The fourth-order valence-electron chi connectivity index (χ4n) is 1.79. The number of aromatic nitrogens is 3. The number of hydrogen-bond donors (Lipinski definition) is 2. The van der Waals surface area contributed by atoms with E-state index in [1.807, 2.05) is 0 Å². The molecule has 1 aliphatic rings. The van der Waals surface area contributed by atoms with Crippen molar-refractivity contribution in [1.82, 2.24) is 15.0 Å². The molecule has 1 fully saturated rings. The molecule has 112 valence electrons. The Hall–Kier alpha value is -1.33. The SMILES string of the molecule is COc1nc(NN)nc(N2CCSCC2S(C)(=O)=O)n1. The zero-order chi connectivity index (χ0) is 14.8. The van der Waals surface area contributed by atoms with Crippen LogP contribution in [0.2, 0.25) is 0 Å². The molecule has 0 aliphatic carbocycles. The van der Waals surface area contributed by atoms with Crippen molar-refractivity contribution >= 4 is 33.5 Å². The van der Waals surface area contributed by atoms with Crippen molar-refractivity contribution in [3.05, 3.63) is 0 Å². The second-order valence-corrected chi connectivity index (χ2v) is 7.50. The maximum absolute atomic E-state index is 11.9. The summed E-state index contributed by atoms with van der Waals surface area (Å²) in [7, 11) is -1.83. The van der Waals surface area contributed by atoms with Crippen molar-refractivity contribution in [1.29, 1.82) is 0 Å². The van der Waals surface area contributed by atoms with E-state index in [0.717, 1.165) is 5.75 Å². The fourth-order valence-corrected chi connectivity index (χ4v) is 4.61. The lowest BCUT2D eigenvalue weighted by Crippen LogP contribution is -2.48. The van der Waals surface area contributed by atoms with Crippen LogP contribution in [0.1, 0.15) is 0 Å². The minimum absolute atomic E-state index is 0.0772. The number of methoxy groups -OCH3 is 1. The molecule has 1 aromatic heterocycles. The average Bonchev–Trinajstić information content (AvgIpc) is 2.45. The van der Waals surface area contributed by atoms with Gasteiger partial charge in [-0.3, -0.25) is 5.43 Å². The molecule has 2 heterocycles. The van der Waals surface area contributed by atoms with Gasteiger partial charge in [-0.1, -0.05) is 0 Å². The highest BCUT2D eigenvalue weighted by Crippen LogP contribution is 2.25. The van der Waals surface area contributed by atoms with Crippen molar-refractivity contribution in [2.45, 2.75) is 5.37 Å². The van der Waals surface area contributed by atoms with Crippen molar-refractivity contribution in [2.24, 2.45) is 5.84 Å². The summed E-state index contributed by atoms with van der Waals surface area (Å²) in [6.45, 7) is 0.527. The summed E-state index contributed by atoms with van der Waals surface area (Å²) in [6.07, 6.45) is 1.21. The number of nitrogens with two attached hydrogens (primary N) is 1. The Kier molecular flexibility index (Phi) is 4.50. The summed E-state index contributed by atoms with van der Waals surface area (Å²) in [4.78, 5) is 13.7. The van der Waals surface area contributed by atoms with E-state index in [0.29, 0.717) is 12.3 Å². The number of hydrogen-bond acceptors (Lipinski definition) is 10. The molecule has 0 aromatic carbocycles. The summed E-state index contributed by atoms with van der Waals surface area (Å²) < 4.78 is 28.7. The lowest BCUT2D eigenvalue weighted by atomic mass is 10.5. The van der Waals surface area contributed by atoms with Gasteiger partial charge in [0, 0.05) is 24.3 Å². The standard InChI is InChI=1S/C9H16N6O3S2/c1-18-9-12-7(14-10)11-8(13-9)15-3-4-19-5-6(15)20(2,16)17/h6H,3-5,10H2,1-2H3,(H,11,12,13,14). The highest BCUT2D eigenvalue weighted by atomic mass is 32.2. The van der Waals surface area contributed by atoms with Gasteiger partial charge in [0.05, 0.1) is 7.11 Å². The number of nitrogens with one attached hydrogen (secondary N) is 1. The molecule has 1 atom stereocenters. The molecule has 2 rings (SSSR count). The Labute approximate surface area is 121 Å². The number of hydrazine groups is 1. The zero-order valence-electron chi connectivity index (χ0n) is 11.1. The van der Waals surface area contributed by atoms with Crippen LogP contribution in [0.3, 0.4) is 0 Å². The van der Waals surface area contributed by atoms with Crippen LogP contribution in [0, 0.1) is 0 Å². The predicted octanol–water partition coefficient (Wildman–Crippen LogP) is -0.910. The Morgan fingerprint density at radius 1 is 1.45 bits per heavy atom. The van der Waals surface area contributed by atoms with Crippen LogP contribution in [0.25, 0.3) is 0 Å². The Morgan fingerprint density at radius 3 is 2.80 bits per heavy atom. The first kappa shape index (κ1) is 15.1. The number of rotatable bonds is 4. The van der Waals surface area contributed by atoms with E-state index in [9.17, 15) is 8.42 Å². The largest absolute Gasteiger partial charge is 0.467 e. The van der Waals surface area contributed by atoms with Gasteiger partial charge >= 0.3 is 6.01 Å². The van der Waals surface area contributed by atoms with Gasteiger partial charge in [0.2, 0.25) is 11.9 Å². The van der Waals surface area contributed by atoms with Crippen molar-refractivity contribution < 1.29 is 13.2 Å². The second-order valence-electron chi connectivity index (χ2n) is 4.14. The summed E-state index contributed by atoms with van der Waals surface area (Å²) in [5, 5.41) is -0.668. The van der Waals surface area contributed by atoms with Gasteiger partial charge in [-0.05, 0) is 0 Å². The first-order chi connectivity index (χ1) is 9.45. The summed E-state index contributed by atoms with van der Waals surface area (Å²) in [5.41, 5.74) is 2.31. The van der Waals surface area contributed by atoms with Crippen LogP contribution < -0.4 is 20.9 Å². The molecule has 9 nitrogen and oxygen atoms in total. The molecule has 1 aliphatic heterocycles. The molecule has 0 amide bonds. The minimum Gasteiger partial charge on any atom is -0.467 e. The van der Waals surface area contributed by atoms with Crippen LogP contribution in [0.5, 0.6) is 6.01 Å². The van der Waals surface area contributed by atoms with Gasteiger partial charge in [-0.25, -0.2) is 14.3 Å². The molecule has 1 saturated heterocycles. The minimum atomic E-state index is -3.25. The Bertz CT molecular complexity index is 559. The number of ether oxygens (including phenoxy) is 1. The van der Waals surface area contributed by atoms with E-state index >= 15 is 0 Å². The molecule has 1 aromatic rings. The summed E-state index contributed by atoms with van der Waals surface area (Å²) in [5.74, 6) is 6.92. The van der Waals surface area contributed by atoms with Crippen molar-refractivity contribution in [3.63, 3.8) is 0 Å². The van der Waals surface area contributed by atoms with E-state index < -0.39 is 15.2 Å². The number of sulfone groups is 1. The zero-order valence-corrected chi connectivity index (χ0v) is 12.7. The average molecular weight is 320 g/mol. The third-order valence-corrected chi connectivity index (χ3v) is 5.39. The number of anilines is 2. The van der Waals surface area contributed by atoms with Gasteiger partial charge in [-0.15, -0.1) is 0 Å². The van der Waals surface area contributed by atoms with Crippen molar-refractivity contribution in [3.8, 4) is 6.01 Å². The lowest BCUT2D eigenvalue weighted by molar-refractivity contribution is 0.378. The van der Waals surface area contributed by atoms with E-state index in [-0.39, 0.29) is 17.9 Å². The van der Waals surface area contributed by atoms with Gasteiger partial charge in [0.15, 0.2) is 9.84 Å². The van der Waals surface area contributed by atoms with Crippen LogP contribution >= 0.6 is 11.8 Å². The number of thioether (sulfide) groups is 1. The quantitative estimate of drug-likeness (QED) is 0.532. The highest BCUT2D eigenvalue weighted by Gasteiger charge is 2.33. The Balaban J connectivity index is 2.41. The molecule has 0 saturated carbocycles. The maximum Gasteiger partial charge on any atom is 0.322 e. The van der Waals surface area contributed by atoms with E-state index in [1.165, 1.54) is 13.4 Å². The smallest absolute Gasteiger partial charge is 0.322 e. The molecule has 11 heteroatoms. The third-order valence-electron chi connectivity index (χ3n) is 2.75. The van der Waals surface area contributed by atoms with Gasteiger partial charge in [0.25, 0.3) is 0 Å². The molecule has 0 radical (unpaired) electrons. The third kappa shape index (κ3) is 3.22. The first-order valence-electron chi connectivity index (χ1n) is 5.75. The first-order valence-corrected chi connectivity index (χ1v) is 8.86. The van der Waals surface area contributed by atoms with E-state index in [4.69, 9.17) is 10.6 Å². The topological polar surface area (TPSA) is 123 Å². The number of nitrogen functional groups attached to an aromatic ring is 1. The van der Waals surface area contributed by atoms with E-state index in [1.54, 1.807) is 16.7 Å². The molecule has 20 heavy (non-hydrogen) atoms. The summed E-state index contributed by atoms with van der Waals surface area (Å²) in [6, 6.07) is 0.0772. The molecule has 0 bridgehead atoms. The fraction of sp³-hybridized carbons (Fsp3) is 0.667. The van der Waals surface area contributed by atoms with Gasteiger partial charge in [-0.2, -0.15) is 26.7 Å². The van der Waals surface area contributed by atoms with Gasteiger partial charge < -0.3 is 9.64 Å². The normalized spacial score (nSPS) is 19.8. The summed E-state index contributed by atoms with van der Waals surface area (Å²) >= 11 is 1.58. The molecule has 1 unspecified atom stereocenters. The van der Waals surface area contributed by atoms with Crippen LogP contribution in [-0.2, 0) is 9.84 Å². The molecular formula is C9H16N6O3S2. The Morgan fingerprint density at radius 2 is 2.20 bits per heavy atom. The van der Waals surface area contributed by atoms with Crippen molar-refractivity contribution in [2.75, 3.05) is 41.7 Å². The second kappa shape index (κ2) is 5.97.